The average Bonchev–Trinajstić information content (AvgIpc) is 2.46. The largest absolute Gasteiger partial charge is 0.336 e. The van der Waals surface area contributed by atoms with Crippen LogP contribution >= 0.6 is 0 Å². The lowest BCUT2D eigenvalue weighted by Crippen LogP contribution is -2.48. The van der Waals surface area contributed by atoms with Crippen LogP contribution in [0.3, 0.4) is 0 Å². The third-order valence-electron chi connectivity index (χ3n) is 3.84. The van der Waals surface area contributed by atoms with E-state index in [-0.39, 0.29) is 11.6 Å². The minimum absolute atomic E-state index is 0.00282. The molecule has 0 unspecified atom stereocenters. The van der Waals surface area contributed by atoms with E-state index in [1.165, 1.54) is 6.07 Å². The lowest BCUT2D eigenvalue weighted by molar-refractivity contribution is -0.385. The van der Waals surface area contributed by atoms with Gasteiger partial charge in [0.2, 0.25) is 0 Å². The fourth-order valence-corrected chi connectivity index (χ4v) is 2.49. The van der Waals surface area contributed by atoms with Crippen molar-refractivity contribution in [1.82, 2.24) is 9.80 Å². The Hall–Kier alpha value is -1.95. The van der Waals surface area contributed by atoms with Crippen molar-refractivity contribution in [3.8, 4) is 0 Å². The Labute approximate surface area is 118 Å². The molecule has 1 saturated heterocycles. The minimum Gasteiger partial charge on any atom is -0.336 e. The molecule has 0 aromatic heterocycles. The second kappa shape index (κ2) is 6.00. The zero-order valence-corrected chi connectivity index (χ0v) is 11.8. The van der Waals surface area contributed by atoms with E-state index < -0.39 is 4.92 Å². The topological polar surface area (TPSA) is 66.7 Å². The number of piperazine rings is 1. The molecular weight excluding hydrogens is 258 g/mol. The smallest absolute Gasteiger partial charge is 0.273 e. The first-order chi connectivity index (χ1) is 9.54. The summed E-state index contributed by atoms with van der Waals surface area (Å²) in [4.78, 5) is 27.0. The van der Waals surface area contributed by atoms with Crippen molar-refractivity contribution < 1.29 is 9.72 Å². The van der Waals surface area contributed by atoms with E-state index in [4.69, 9.17) is 0 Å². The first-order valence-corrected chi connectivity index (χ1v) is 6.80. The highest BCUT2D eigenvalue weighted by molar-refractivity contribution is 5.96. The molecule has 1 aromatic carbocycles. The number of carbonyl (C=O) groups excluding carboxylic acids is 1. The second-order valence-electron chi connectivity index (χ2n) is 4.93. The molecule has 2 rings (SSSR count). The number of benzene rings is 1. The van der Waals surface area contributed by atoms with Crippen LogP contribution in [0.15, 0.2) is 18.2 Å². The van der Waals surface area contributed by atoms with Gasteiger partial charge in [0.15, 0.2) is 0 Å². The van der Waals surface area contributed by atoms with Gasteiger partial charge in [-0.3, -0.25) is 14.9 Å². The van der Waals surface area contributed by atoms with Crippen LogP contribution in [-0.2, 0) is 0 Å². The van der Waals surface area contributed by atoms with Gasteiger partial charge in [-0.15, -0.1) is 0 Å². The Bertz CT molecular complexity index is 522. The van der Waals surface area contributed by atoms with Crippen LogP contribution in [-0.4, -0.2) is 53.4 Å². The molecule has 0 aliphatic carbocycles. The van der Waals surface area contributed by atoms with Crippen LogP contribution in [0, 0.1) is 17.0 Å². The molecule has 0 bridgehead atoms. The van der Waals surface area contributed by atoms with Crippen molar-refractivity contribution in [2.75, 3.05) is 32.7 Å². The average molecular weight is 277 g/mol. The number of amides is 1. The third kappa shape index (κ3) is 2.80. The zero-order valence-electron chi connectivity index (χ0n) is 11.8. The first-order valence-electron chi connectivity index (χ1n) is 6.80. The van der Waals surface area contributed by atoms with Gasteiger partial charge in [-0.2, -0.15) is 0 Å². The Morgan fingerprint density at radius 1 is 1.30 bits per heavy atom. The lowest BCUT2D eigenvalue weighted by Gasteiger charge is -2.34. The van der Waals surface area contributed by atoms with Crippen molar-refractivity contribution >= 4 is 11.6 Å². The number of hydrogen-bond donors (Lipinski definition) is 0. The van der Waals surface area contributed by atoms with E-state index in [0.717, 1.165) is 19.6 Å². The fourth-order valence-electron chi connectivity index (χ4n) is 2.49. The van der Waals surface area contributed by atoms with Crippen molar-refractivity contribution in [1.29, 1.82) is 0 Å². The van der Waals surface area contributed by atoms with Crippen LogP contribution in [0.4, 0.5) is 5.69 Å². The van der Waals surface area contributed by atoms with Crippen molar-refractivity contribution in [2.24, 2.45) is 0 Å². The molecule has 0 saturated carbocycles. The standard InChI is InChI=1S/C14H19N3O3/c1-3-15-7-9-16(10-8-15)14(18)12-5-4-6-13(11(12)2)17(19)20/h4-6H,3,7-10H2,1-2H3. The maximum absolute atomic E-state index is 12.5. The fraction of sp³-hybridized carbons (Fsp3) is 0.500. The quantitative estimate of drug-likeness (QED) is 0.623. The van der Waals surface area contributed by atoms with E-state index in [0.29, 0.717) is 24.2 Å². The summed E-state index contributed by atoms with van der Waals surface area (Å²) in [6, 6.07) is 4.67. The molecule has 6 nitrogen and oxygen atoms in total. The first kappa shape index (κ1) is 14.5. The Kier molecular flexibility index (Phi) is 4.34. The summed E-state index contributed by atoms with van der Waals surface area (Å²) in [5, 5.41) is 10.9. The monoisotopic (exact) mass is 277 g/mol. The molecule has 1 heterocycles. The molecule has 1 amide bonds. The Morgan fingerprint density at radius 3 is 2.50 bits per heavy atom. The van der Waals surface area contributed by atoms with E-state index in [9.17, 15) is 14.9 Å². The molecule has 1 aliphatic heterocycles. The van der Waals surface area contributed by atoms with Gasteiger partial charge in [0.1, 0.15) is 0 Å². The highest BCUT2D eigenvalue weighted by Crippen LogP contribution is 2.22. The third-order valence-corrected chi connectivity index (χ3v) is 3.84. The molecule has 1 fully saturated rings. The number of nitrogens with zero attached hydrogens (tertiary/aromatic N) is 3. The number of nitro groups is 1. The molecule has 1 aromatic rings. The van der Waals surface area contributed by atoms with Crippen LogP contribution < -0.4 is 0 Å². The van der Waals surface area contributed by atoms with E-state index in [1.807, 2.05) is 0 Å². The maximum atomic E-state index is 12.5. The molecule has 0 spiro atoms. The predicted octanol–water partition coefficient (Wildman–Crippen LogP) is 1.68. The van der Waals surface area contributed by atoms with Gasteiger partial charge in [-0.1, -0.05) is 13.0 Å². The summed E-state index contributed by atoms with van der Waals surface area (Å²) in [6.07, 6.45) is 0. The lowest BCUT2D eigenvalue weighted by atomic mass is 10.1. The minimum atomic E-state index is -0.443. The summed E-state index contributed by atoms with van der Waals surface area (Å²) >= 11 is 0. The summed E-state index contributed by atoms with van der Waals surface area (Å²) in [5.41, 5.74) is 0.882. The molecule has 6 heteroatoms. The van der Waals surface area contributed by atoms with Crippen LogP contribution in [0.25, 0.3) is 0 Å². The highest BCUT2D eigenvalue weighted by atomic mass is 16.6. The zero-order chi connectivity index (χ0) is 14.7. The molecule has 20 heavy (non-hydrogen) atoms. The van der Waals surface area contributed by atoms with E-state index in [1.54, 1.807) is 24.0 Å². The maximum Gasteiger partial charge on any atom is 0.273 e. The number of hydrogen-bond acceptors (Lipinski definition) is 4. The van der Waals surface area contributed by atoms with Crippen LogP contribution in [0.1, 0.15) is 22.8 Å². The van der Waals surface area contributed by atoms with Gasteiger partial charge in [0.25, 0.3) is 11.6 Å². The number of likely N-dealkylation sites (N-methyl/N-ethyl adjacent to an activating group) is 1. The molecule has 1 aliphatic rings. The van der Waals surface area contributed by atoms with Crippen LogP contribution in [0.5, 0.6) is 0 Å². The Balaban J connectivity index is 2.18. The van der Waals surface area contributed by atoms with Gasteiger partial charge in [0.05, 0.1) is 4.92 Å². The summed E-state index contributed by atoms with van der Waals surface area (Å²) in [5.74, 6) is -0.109. The van der Waals surface area contributed by atoms with Gasteiger partial charge >= 0.3 is 0 Å². The second-order valence-corrected chi connectivity index (χ2v) is 4.93. The summed E-state index contributed by atoms with van der Waals surface area (Å²) in [6.45, 7) is 7.78. The van der Waals surface area contributed by atoms with Gasteiger partial charge < -0.3 is 9.80 Å². The Morgan fingerprint density at radius 2 is 1.95 bits per heavy atom. The summed E-state index contributed by atoms with van der Waals surface area (Å²) in [7, 11) is 0. The van der Waals surface area contributed by atoms with Crippen molar-refractivity contribution in [3.05, 3.63) is 39.4 Å². The van der Waals surface area contributed by atoms with Gasteiger partial charge in [0, 0.05) is 43.4 Å². The van der Waals surface area contributed by atoms with E-state index in [2.05, 4.69) is 11.8 Å². The normalized spacial score (nSPS) is 16.2. The predicted molar refractivity (Wildman–Crippen MR) is 75.9 cm³/mol. The molecule has 0 radical (unpaired) electrons. The number of rotatable bonds is 3. The van der Waals surface area contributed by atoms with Crippen molar-refractivity contribution in [2.45, 2.75) is 13.8 Å². The molecule has 108 valence electrons. The summed E-state index contributed by atoms with van der Waals surface area (Å²) < 4.78 is 0. The van der Waals surface area contributed by atoms with Gasteiger partial charge in [-0.05, 0) is 19.5 Å². The van der Waals surface area contributed by atoms with Crippen LogP contribution in [0.2, 0.25) is 0 Å². The molecule has 0 N–H and O–H groups in total. The molecule has 0 atom stereocenters. The van der Waals surface area contributed by atoms with Gasteiger partial charge in [-0.25, -0.2) is 0 Å². The molecular formula is C14H19N3O3. The SMILES string of the molecule is CCN1CCN(C(=O)c2cccc([N+](=O)[O-])c2C)CC1. The van der Waals surface area contributed by atoms with E-state index >= 15 is 0 Å². The number of nitro benzene ring substituents is 1. The van der Waals surface area contributed by atoms with Crippen molar-refractivity contribution in [3.63, 3.8) is 0 Å². The highest BCUT2D eigenvalue weighted by Gasteiger charge is 2.25. The number of carbonyl (C=O) groups is 1.